The summed E-state index contributed by atoms with van der Waals surface area (Å²) < 4.78 is 10.4. The Kier molecular flexibility index (Phi) is 6.06. The summed E-state index contributed by atoms with van der Waals surface area (Å²) in [7, 11) is 0. The summed E-state index contributed by atoms with van der Waals surface area (Å²) in [5.41, 5.74) is 1.45. The fourth-order valence-corrected chi connectivity index (χ4v) is 1.55. The number of hydrogen-bond donors (Lipinski definition) is 0. The van der Waals surface area contributed by atoms with Crippen molar-refractivity contribution < 1.29 is 19.1 Å². The molecule has 1 rings (SSSR count). The van der Waals surface area contributed by atoms with Crippen molar-refractivity contribution in [3.63, 3.8) is 0 Å². The van der Waals surface area contributed by atoms with Gasteiger partial charge in [0.05, 0.1) is 12.2 Å². The lowest BCUT2D eigenvalue weighted by Gasteiger charge is -2.10. The summed E-state index contributed by atoms with van der Waals surface area (Å²) in [5, 5.41) is 0. The molecule has 19 heavy (non-hydrogen) atoms. The molecule has 0 spiro atoms. The molecule has 0 saturated carbocycles. The second-order valence-electron chi connectivity index (χ2n) is 4.42. The van der Waals surface area contributed by atoms with Crippen molar-refractivity contribution in [3.05, 3.63) is 29.3 Å². The monoisotopic (exact) mass is 264 g/mol. The van der Waals surface area contributed by atoms with Crippen LogP contribution in [0, 0.1) is 6.92 Å². The van der Waals surface area contributed by atoms with Crippen LogP contribution in [0.4, 0.5) is 0 Å². The van der Waals surface area contributed by atoms with Crippen molar-refractivity contribution in [2.75, 3.05) is 13.2 Å². The first-order chi connectivity index (χ1) is 9.04. The van der Waals surface area contributed by atoms with Gasteiger partial charge < -0.3 is 9.47 Å². The second kappa shape index (κ2) is 7.56. The third kappa shape index (κ3) is 5.12. The molecular weight excluding hydrogens is 244 g/mol. The van der Waals surface area contributed by atoms with Crippen molar-refractivity contribution in [1.82, 2.24) is 0 Å². The lowest BCUT2D eigenvalue weighted by molar-refractivity contribution is -0.146. The largest absolute Gasteiger partial charge is 0.481 e. The van der Waals surface area contributed by atoms with Gasteiger partial charge in [0.15, 0.2) is 12.4 Å². The highest BCUT2D eigenvalue weighted by Crippen LogP contribution is 2.20. The quantitative estimate of drug-likeness (QED) is 0.431. The van der Waals surface area contributed by atoms with E-state index in [1.54, 1.807) is 12.1 Å². The molecule has 0 heterocycles. The van der Waals surface area contributed by atoms with Gasteiger partial charge in [0, 0.05) is 0 Å². The number of carbonyl (C=O) groups excluding carboxylic acids is 2. The van der Waals surface area contributed by atoms with Crippen molar-refractivity contribution in [1.29, 1.82) is 0 Å². The van der Waals surface area contributed by atoms with Crippen molar-refractivity contribution in [3.8, 4) is 5.75 Å². The molecule has 0 radical (unpaired) electrons. The van der Waals surface area contributed by atoms with Crippen LogP contribution < -0.4 is 4.74 Å². The molecular formula is C15H20O4. The van der Waals surface area contributed by atoms with Crippen LogP contribution >= 0.6 is 0 Å². The van der Waals surface area contributed by atoms with E-state index < -0.39 is 5.97 Å². The molecule has 0 unspecified atom stereocenters. The van der Waals surface area contributed by atoms with Gasteiger partial charge in [-0.3, -0.25) is 4.79 Å². The van der Waals surface area contributed by atoms with Crippen LogP contribution in [0.2, 0.25) is 0 Å². The van der Waals surface area contributed by atoms with E-state index in [4.69, 9.17) is 9.47 Å². The molecule has 4 nitrogen and oxygen atoms in total. The number of hydrogen-bond acceptors (Lipinski definition) is 4. The minimum absolute atomic E-state index is 0.0886. The first-order valence-corrected chi connectivity index (χ1v) is 6.44. The second-order valence-corrected chi connectivity index (χ2v) is 4.42. The van der Waals surface area contributed by atoms with Crippen LogP contribution in [0.25, 0.3) is 0 Å². The van der Waals surface area contributed by atoms with Crippen LogP contribution in [0.5, 0.6) is 5.75 Å². The molecule has 0 aromatic heterocycles. The SMILES string of the molecule is CCCCOC(=O)COc1cc(C)ccc1C(C)=O. The zero-order valence-corrected chi connectivity index (χ0v) is 11.7. The number of ketones is 1. The van der Waals surface area contributed by atoms with Crippen LogP contribution in [-0.4, -0.2) is 25.0 Å². The van der Waals surface area contributed by atoms with E-state index in [0.717, 1.165) is 18.4 Å². The van der Waals surface area contributed by atoms with E-state index >= 15 is 0 Å². The van der Waals surface area contributed by atoms with Crippen LogP contribution in [0.1, 0.15) is 42.6 Å². The zero-order chi connectivity index (χ0) is 14.3. The molecule has 1 aromatic carbocycles. The van der Waals surface area contributed by atoms with Gasteiger partial charge in [-0.1, -0.05) is 19.4 Å². The third-order valence-electron chi connectivity index (χ3n) is 2.62. The minimum Gasteiger partial charge on any atom is -0.481 e. The van der Waals surface area contributed by atoms with Gasteiger partial charge in [0.2, 0.25) is 0 Å². The first kappa shape index (κ1) is 15.2. The standard InChI is InChI=1S/C15H20O4/c1-4-5-8-18-15(17)10-19-14-9-11(2)6-7-13(14)12(3)16/h6-7,9H,4-5,8,10H2,1-3H3. The molecule has 0 amide bonds. The number of Topliss-reactive ketones (excluding diaryl/α,β-unsaturated/α-hetero) is 1. The molecule has 0 saturated heterocycles. The van der Waals surface area contributed by atoms with E-state index in [-0.39, 0.29) is 12.4 Å². The number of ether oxygens (including phenoxy) is 2. The fraction of sp³-hybridized carbons (Fsp3) is 0.467. The normalized spacial score (nSPS) is 10.1. The average molecular weight is 264 g/mol. The maximum absolute atomic E-state index is 11.4. The fourth-order valence-electron chi connectivity index (χ4n) is 1.55. The highest BCUT2D eigenvalue weighted by molar-refractivity contribution is 5.97. The Morgan fingerprint density at radius 1 is 1.26 bits per heavy atom. The molecule has 0 aliphatic heterocycles. The summed E-state index contributed by atoms with van der Waals surface area (Å²) in [6.07, 6.45) is 1.81. The van der Waals surface area contributed by atoms with Crippen LogP contribution in [-0.2, 0) is 9.53 Å². The number of unbranched alkanes of at least 4 members (excludes halogenated alkanes) is 1. The maximum atomic E-state index is 11.4. The topological polar surface area (TPSA) is 52.6 Å². The number of esters is 1. The first-order valence-electron chi connectivity index (χ1n) is 6.44. The van der Waals surface area contributed by atoms with Gasteiger partial charge in [-0.25, -0.2) is 4.79 Å². The lowest BCUT2D eigenvalue weighted by atomic mass is 10.1. The molecule has 1 aromatic rings. The third-order valence-corrected chi connectivity index (χ3v) is 2.62. The van der Waals surface area contributed by atoms with E-state index in [0.29, 0.717) is 17.9 Å². The van der Waals surface area contributed by atoms with Crippen molar-refractivity contribution in [2.45, 2.75) is 33.6 Å². The van der Waals surface area contributed by atoms with Crippen LogP contribution in [0.15, 0.2) is 18.2 Å². The molecule has 0 fully saturated rings. The predicted molar refractivity (Wildman–Crippen MR) is 72.5 cm³/mol. The molecule has 0 bridgehead atoms. The molecule has 0 atom stereocenters. The van der Waals surface area contributed by atoms with E-state index in [1.165, 1.54) is 6.92 Å². The van der Waals surface area contributed by atoms with E-state index in [1.807, 2.05) is 19.9 Å². The minimum atomic E-state index is -0.413. The molecule has 0 aliphatic rings. The van der Waals surface area contributed by atoms with Gasteiger partial charge in [0.25, 0.3) is 0 Å². The summed E-state index contributed by atoms with van der Waals surface area (Å²) in [6, 6.07) is 5.29. The lowest BCUT2D eigenvalue weighted by Crippen LogP contribution is -2.16. The Hall–Kier alpha value is -1.84. The predicted octanol–water partition coefficient (Wildman–Crippen LogP) is 2.92. The maximum Gasteiger partial charge on any atom is 0.344 e. The Bertz CT molecular complexity index is 451. The summed E-state index contributed by atoms with van der Waals surface area (Å²) >= 11 is 0. The Balaban J connectivity index is 2.59. The Morgan fingerprint density at radius 3 is 2.63 bits per heavy atom. The number of carbonyl (C=O) groups is 2. The average Bonchev–Trinajstić information content (AvgIpc) is 2.36. The summed E-state index contributed by atoms with van der Waals surface area (Å²) in [5.74, 6) is -0.0706. The van der Waals surface area contributed by atoms with Crippen molar-refractivity contribution >= 4 is 11.8 Å². The van der Waals surface area contributed by atoms with Crippen LogP contribution in [0.3, 0.4) is 0 Å². The number of rotatable bonds is 7. The zero-order valence-electron chi connectivity index (χ0n) is 11.7. The van der Waals surface area contributed by atoms with E-state index in [9.17, 15) is 9.59 Å². The highest BCUT2D eigenvalue weighted by Gasteiger charge is 2.11. The highest BCUT2D eigenvalue weighted by atomic mass is 16.6. The van der Waals surface area contributed by atoms with E-state index in [2.05, 4.69) is 0 Å². The Labute approximate surface area is 113 Å². The number of benzene rings is 1. The molecule has 0 N–H and O–H groups in total. The van der Waals surface area contributed by atoms with Gasteiger partial charge in [-0.05, 0) is 38.0 Å². The van der Waals surface area contributed by atoms with Gasteiger partial charge in [0.1, 0.15) is 5.75 Å². The summed E-state index contributed by atoms with van der Waals surface area (Å²) in [4.78, 5) is 22.9. The van der Waals surface area contributed by atoms with Gasteiger partial charge >= 0.3 is 5.97 Å². The smallest absolute Gasteiger partial charge is 0.344 e. The number of aryl methyl sites for hydroxylation is 1. The van der Waals surface area contributed by atoms with Gasteiger partial charge in [-0.2, -0.15) is 0 Å². The Morgan fingerprint density at radius 2 is 2.00 bits per heavy atom. The molecule has 104 valence electrons. The molecule has 0 aliphatic carbocycles. The van der Waals surface area contributed by atoms with Crippen molar-refractivity contribution in [2.24, 2.45) is 0 Å². The van der Waals surface area contributed by atoms with Gasteiger partial charge in [-0.15, -0.1) is 0 Å². The molecule has 4 heteroatoms. The summed E-state index contributed by atoms with van der Waals surface area (Å²) in [6.45, 7) is 5.63.